The van der Waals surface area contributed by atoms with E-state index in [0.29, 0.717) is 41.4 Å². The van der Waals surface area contributed by atoms with Gasteiger partial charge in [-0.25, -0.2) is 10.2 Å². The molecule has 0 saturated heterocycles. The first-order chi connectivity index (χ1) is 18.1. The van der Waals surface area contributed by atoms with Gasteiger partial charge in [-0.1, -0.05) is 43.3 Å². The predicted molar refractivity (Wildman–Crippen MR) is 144 cm³/mol. The number of carbonyl (C=O) groups excluding carboxylic acids is 2. The molecule has 0 fully saturated rings. The van der Waals surface area contributed by atoms with Gasteiger partial charge in [0.2, 0.25) is 0 Å². The zero-order valence-corrected chi connectivity index (χ0v) is 20.8. The average Bonchev–Trinajstić information content (AvgIpc) is 2.93. The Morgan fingerprint density at radius 2 is 1.65 bits per heavy atom. The van der Waals surface area contributed by atoms with Crippen LogP contribution >= 0.6 is 0 Å². The van der Waals surface area contributed by atoms with Gasteiger partial charge in [0.25, 0.3) is 5.91 Å². The minimum Gasteiger partial charge on any atom is -0.494 e. The van der Waals surface area contributed by atoms with Crippen LogP contribution in [0, 0.1) is 0 Å². The van der Waals surface area contributed by atoms with Crippen molar-refractivity contribution in [2.45, 2.75) is 20.3 Å². The van der Waals surface area contributed by atoms with E-state index in [1.165, 1.54) is 6.21 Å². The van der Waals surface area contributed by atoms with Crippen LogP contribution in [0.5, 0.6) is 17.2 Å². The maximum absolute atomic E-state index is 12.7. The van der Waals surface area contributed by atoms with E-state index < -0.39 is 5.97 Å². The molecule has 0 aliphatic heterocycles. The molecule has 7 nitrogen and oxygen atoms in total. The summed E-state index contributed by atoms with van der Waals surface area (Å²) in [5, 5.41) is 5.92. The van der Waals surface area contributed by atoms with Gasteiger partial charge in [-0.15, -0.1) is 0 Å². The normalized spacial score (nSPS) is 10.9. The molecule has 0 spiro atoms. The van der Waals surface area contributed by atoms with Crippen molar-refractivity contribution >= 4 is 28.9 Å². The molecule has 7 heteroatoms. The van der Waals surface area contributed by atoms with Crippen molar-refractivity contribution < 1.29 is 23.8 Å². The van der Waals surface area contributed by atoms with E-state index in [0.717, 1.165) is 17.2 Å². The number of esters is 1. The first-order valence-corrected chi connectivity index (χ1v) is 12.1. The van der Waals surface area contributed by atoms with Crippen molar-refractivity contribution in [2.75, 3.05) is 13.2 Å². The van der Waals surface area contributed by atoms with Crippen LogP contribution in [0.2, 0.25) is 0 Å². The minimum atomic E-state index is -0.508. The number of benzene rings is 4. The van der Waals surface area contributed by atoms with Crippen LogP contribution in [0.15, 0.2) is 90.0 Å². The third-order valence-electron chi connectivity index (χ3n) is 5.45. The highest BCUT2D eigenvalue weighted by Gasteiger charge is 2.14. The molecule has 0 unspecified atom stereocenters. The summed E-state index contributed by atoms with van der Waals surface area (Å²) < 4.78 is 16.8. The van der Waals surface area contributed by atoms with Gasteiger partial charge in [0.15, 0.2) is 11.5 Å². The van der Waals surface area contributed by atoms with Gasteiger partial charge in [0.1, 0.15) is 5.75 Å². The molecule has 0 heterocycles. The number of hydrazone groups is 1. The Hall–Kier alpha value is -4.65. The molecule has 0 aliphatic rings. The highest BCUT2D eigenvalue weighted by atomic mass is 16.6. The summed E-state index contributed by atoms with van der Waals surface area (Å²) in [6.45, 7) is 4.86. The lowest BCUT2D eigenvalue weighted by atomic mass is 10.0. The van der Waals surface area contributed by atoms with Crippen molar-refractivity contribution in [3.8, 4) is 17.2 Å². The van der Waals surface area contributed by atoms with Crippen molar-refractivity contribution in [2.24, 2.45) is 5.10 Å². The molecule has 1 N–H and O–H groups in total. The third kappa shape index (κ3) is 6.52. The Morgan fingerprint density at radius 3 is 2.43 bits per heavy atom. The number of carbonyl (C=O) groups is 2. The van der Waals surface area contributed by atoms with Gasteiger partial charge in [-0.05, 0) is 78.2 Å². The summed E-state index contributed by atoms with van der Waals surface area (Å²) in [6.07, 6.45) is 2.41. The molecule has 0 saturated carbocycles. The van der Waals surface area contributed by atoms with Crippen LogP contribution in [0.25, 0.3) is 10.8 Å². The van der Waals surface area contributed by atoms with Crippen LogP contribution < -0.4 is 19.6 Å². The van der Waals surface area contributed by atoms with E-state index in [1.807, 2.05) is 50.2 Å². The zero-order chi connectivity index (χ0) is 26.0. The molecular formula is C30H28N2O5. The van der Waals surface area contributed by atoms with Crippen LogP contribution in [0.1, 0.15) is 46.5 Å². The van der Waals surface area contributed by atoms with Crippen LogP contribution in [-0.2, 0) is 0 Å². The molecule has 0 aliphatic carbocycles. The number of nitrogens with one attached hydrogen (secondary N) is 1. The second-order valence-corrected chi connectivity index (χ2v) is 8.13. The van der Waals surface area contributed by atoms with Crippen LogP contribution in [0.3, 0.4) is 0 Å². The van der Waals surface area contributed by atoms with E-state index in [4.69, 9.17) is 14.2 Å². The second-order valence-electron chi connectivity index (χ2n) is 8.13. The van der Waals surface area contributed by atoms with Crippen LogP contribution in [0.4, 0.5) is 0 Å². The number of nitrogens with zero attached hydrogens (tertiary/aromatic N) is 1. The van der Waals surface area contributed by atoms with Gasteiger partial charge >= 0.3 is 5.97 Å². The smallest absolute Gasteiger partial charge is 0.343 e. The summed E-state index contributed by atoms with van der Waals surface area (Å²) in [5.74, 6) is 0.560. The minimum absolute atomic E-state index is 0.287. The lowest BCUT2D eigenvalue weighted by Gasteiger charge is -2.12. The van der Waals surface area contributed by atoms with E-state index >= 15 is 0 Å². The van der Waals surface area contributed by atoms with Gasteiger partial charge in [-0.3, -0.25) is 4.79 Å². The van der Waals surface area contributed by atoms with Gasteiger partial charge in [-0.2, -0.15) is 5.10 Å². The summed E-state index contributed by atoms with van der Waals surface area (Å²) in [6, 6.07) is 25.1. The van der Waals surface area contributed by atoms with E-state index in [-0.39, 0.29) is 11.7 Å². The Kier molecular flexibility index (Phi) is 8.49. The Balaban J connectivity index is 1.43. The molecule has 0 bridgehead atoms. The molecule has 37 heavy (non-hydrogen) atoms. The zero-order valence-electron chi connectivity index (χ0n) is 20.8. The predicted octanol–water partition coefficient (Wildman–Crippen LogP) is 6.01. The fourth-order valence-electron chi connectivity index (χ4n) is 3.67. The highest BCUT2D eigenvalue weighted by Crippen LogP contribution is 2.29. The molecule has 4 rings (SSSR count). The summed E-state index contributed by atoms with van der Waals surface area (Å²) in [4.78, 5) is 25.3. The highest BCUT2D eigenvalue weighted by molar-refractivity contribution is 6.07. The number of hydrogen-bond acceptors (Lipinski definition) is 6. The first kappa shape index (κ1) is 25.4. The molecule has 4 aromatic carbocycles. The van der Waals surface area contributed by atoms with E-state index in [2.05, 4.69) is 10.5 Å². The molecule has 4 aromatic rings. The number of ether oxygens (including phenoxy) is 3. The number of amides is 1. The maximum atomic E-state index is 12.7. The maximum Gasteiger partial charge on any atom is 0.343 e. The SMILES string of the molecule is CCCOc1ccc(C(=O)Oc2ccc(/C=N\NC(=O)c3cccc4ccccc34)cc2OCC)cc1. The Labute approximate surface area is 215 Å². The van der Waals surface area contributed by atoms with Gasteiger partial charge in [0.05, 0.1) is 25.0 Å². The third-order valence-corrected chi connectivity index (χ3v) is 5.45. The molecule has 1 amide bonds. The first-order valence-electron chi connectivity index (χ1n) is 12.1. The summed E-state index contributed by atoms with van der Waals surface area (Å²) in [7, 11) is 0. The number of rotatable bonds is 10. The quantitative estimate of drug-likeness (QED) is 0.126. The molecule has 0 aromatic heterocycles. The largest absolute Gasteiger partial charge is 0.494 e. The monoisotopic (exact) mass is 496 g/mol. The Bertz CT molecular complexity index is 1410. The topological polar surface area (TPSA) is 86.2 Å². The van der Waals surface area contributed by atoms with Crippen molar-refractivity contribution in [3.05, 3.63) is 102 Å². The van der Waals surface area contributed by atoms with Crippen molar-refractivity contribution in [1.29, 1.82) is 0 Å². The fourth-order valence-corrected chi connectivity index (χ4v) is 3.67. The molecular weight excluding hydrogens is 468 g/mol. The van der Waals surface area contributed by atoms with Gasteiger partial charge < -0.3 is 14.2 Å². The number of fused-ring (bicyclic) bond motifs is 1. The number of hydrogen-bond donors (Lipinski definition) is 1. The van der Waals surface area contributed by atoms with Crippen molar-refractivity contribution in [3.63, 3.8) is 0 Å². The molecule has 0 radical (unpaired) electrons. The lowest BCUT2D eigenvalue weighted by molar-refractivity contribution is 0.0728. The average molecular weight is 497 g/mol. The fraction of sp³-hybridized carbons (Fsp3) is 0.167. The van der Waals surface area contributed by atoms with E-state index in [1.54, 1.807) is 48.5 Å². The lowest BCUT2D eigenvalue weighted by Crippen LogP contribution is -2.17. The van der Waals surface area contributed by atoms with Crippen molar-refractivity contribution in [1.82, 2.24) is 5.43 Å². The van der Waals surface area contributed by atoms with Gasteiger partial charge in [0, 0.05) is 5.56 Å². The van der Waals surface area contributed by atoms with E-state index in [9.17, 15) is 9.59 Å². The molecule has 188 valence electrons. The van der Waals surface area contributed by atoms with Crippen LogP contribution in [-0.4, -0.2) is 31.3 Å². The Morgan fingerprint density at radius 1 is 0.865 bits per heavy atom. The summed E-state index contributed by atoms with van der Waals surface area (Å²) in [5.41, 5.74) is 4.17. The second kappa shape index (κ2) is 12.4. The summed E-state index contributed by atoms with van der Waals surface area (Å²) >= 11 is 0. The standard InChI is InChI=1S/C30H28N2O5/c1-3-18-36-24-15-13-23(14-16-24)30(34)37-27-17-12-21(19-28(27)35-4-2)20-31-32-29(33)26-11-7-9-22-8-5-6-10-25(22)26/h5-17,19-20H,3-4,18H2,1-2H3,(H,32,33)/b31-20-. The molecule has 0 atom stereocenters.